The van der Waals surface area contributed by atoms with Gasteiger partial charge in [-0.2, -0.15) is 0 Å². The van der Waals surface area contributed by atoms with Gasteiger partial charge in [-0.15, -0.1) is 11.3 Å². The maximum Gasteiger partial charge on any atom is 0.293 e. The number of nitrogens with one attached hydrogen (secondary N) is 1. The number of anilines is 1. The van der Waals surface area contributed by atoms with Gasteiger partial charge in [-0.25, -0.2) is 4.98 Å². The summed E-state index contributed by atoms with van der Waals surface area (Å²) in [7, 11) is 0. The summed E-state index contributed by atoms with van der Waals surface area (Å²) in [6, 6.07) is 3.82. The van der Waals surface area contributed by atoms with Crippen molar-refractivity contribution in [3.05, 3.63) is 44.1 Å². The lowest BCUT2D eigenvalue weighted by molar-refractivity contribution is 0.648. The first-order valence-corrected chi connectivity index (χ1v) is 7.38. The van der Waals surface area contributed by atoms with Gasteiger partial charge >= 0.3 is 0 Å². The van der Waals surface area contributed by atoms with Gasteiger partial charge in [0, 0.05) is 23.8 Å². The van der Waals surface area contributed by atoms with E-state index in [-0.39, 0.29) is 11.6 Å². The topological polar surface area (TPSA) is 46.9 Å². The molecule has 2 aromatic rings. The number of halogens is 1. The van der Waals surface area contributed by atoms with Crippen molar-refractivity contribution in [2.75, 3.05) is 5.32 Å². The zero-order valence-corrected chi connectivity index (χ0v) is 12.5. The average molecular weight is 298 g/mol. The Morgan fingerprint density at radius 3 is 2.95 bits per heavy atom. The van der Waals surface area contributed by atoms with Gasteiger partial charge in [0.05, 0.1) is 10.4 Å². The molecule has 102 valence electrons. The summed E-state index contributed by atoms with van der Waals surface area (Å²) in [6.07, 6.45) is 4.27. The van der Waals surface area contributed by atoms with E-state index in [1.807, 2.05) is 26.0 Å². The molecule has 2 aromatic heterocycles. The fourth-order valence-electron chi connectivity index (χ4n) is 1.80. The van der Waals surface area contributed by atoms with Crippen LogP contribution in [0.2, 0.25) is 4.34 Å². The number of thiophene rings is 1. The van der Waals surface area contributed by atoms with E-state index in [0.29, 0.717) is 12.4 Å². The Morgan fingerprint density at radius 1 is 1.53 bits per heavy atom. The zero-order valence-electron chi connectivity index (χ0n) is 10.9. The molecule has 4 nitrogen and oxygen atoms in total. The molecular weight excluding hydrogens is 282 g/mol. The van der Waals surface area contributed by atoms with Crippen LogP contribution in [0.4, 0.5) is 5.82 Å². The lowest BCUT2D eigenvalue weighted by Crippen LogP contribution is -2.25. The molecule has 0 fully saturated rings. The number of aryl methyl sites for hydroxylation is 1. The zero-order chi connectivity index (χ0) is 13.8. The SMILES string of the molecule is CCCn1ccnc(NC(C)c2ccc(Cl)s2)c1=O. The summed E-state index contributed by atoms with van der Waals surface area (Å²) in [5.74, 6) is 0.382. The molecule has 2 heterocycles. The van der Waals surface area contributed by atoms with E-state index in [1.54, 1.807) is 17.0 Å². The number of aromatic nitrogens is 2. The van der Waals surface area contributed by atoms with Crippen LogP contribution in [0.1, 0.15) is 31.2 Å². The lowest BCUT2D eigenvalue weighted by Gasteiger charge is -2.13. The monoisotopic (exact) mass is 297 g/mol. The van der Waals surface area contributed by atoms with Crippen LogP contribution >= 0.6 is 22.9 Å². The van der Waals surface area contributed by atoms with Crippen LogP contribution in [0.3, 0.4) is 0 Å². The molecule has 0 radical (unpaired) electrons. The highest BCUT2D eigenvalue weighted by Gasteiger charge is 2.11. The van der Waals surface area contributed by atoms with E-state index in [4.69, 9.17) is 11.6 Å². The molecule has 0 saturated carbocycles. The van der Waals surface area contributed by atoms with Crippen molar-refractivity contribution in [3.8, 4) is 0 Å². The third-order valence-electron chi connectivity index (χ3n) is 2.75. The highest BCUT2D eigenvalue weighted by atomic mass is 35.5. The van der Waals surface area contributed by atoms with Crippen molar-refractivity contribution in [2.24, 2.45) is 0 Å². The summed E-state index contributed by atoms with van der Waals surface area (Å²) in [6.45, 7) is 4.73. The minimum absolute atomic E-state index is 0.00942. The molecule has 1 N–H and O–H groups in total. The molecule has 0 aliphatic carbocycles. The van der Waals surface area contributed by atoms with Crippen molar-refractivity contribution in [1.82, 2.24) is 9.55 Å². The quantitative estimate of drug-likeness (QED) is 0.918. The second kappa shape index (κ2) is 6.21. The molecule has 0 saturated heterocycles. The van der Waals surface area contributed by atoms with Crippen LogP contribution in [0.15, 0.2) is 29.3 Å². The van der Waals surface area contributed by atoms with E-state index in [9.17, 15) is 4.79 Å². The highest BCUT2D eigenvalue weighted by Crippen LogP contribution is 2.27. The summed E-state index contributed by atoms with van der Waals surface area (Å²) < 4.78 is 2.41. The number of rotatable bonds is 5. The van der Waals surface area contributed by atoms with E-state index in [1.165, 1.54) is 11.3 Å². The average Bonchev–Trinajstić information content (AvgIpc) is 2.81. The Bertz CT molecular complexity index is 608. The van der Waals surface area contributed by atoms with Gasteiger partial charge < -0.3 is 9.88 Å². The lowest BCUT2D eigenvalue weighted by atomic mass is 10.3. The molecule has 1 atom stereocenters. The summed E-state index contributed by atoms with van der Waals surface area (Å²) in [5, 5.41) is 3.15. The fourth-order valence-corrected chi connectivity index (χ4v) is 2.86. The molecule has 0 bridgehead atoms. The van der Waals surface area contributed by atoms with Crippen molar-refractivity contribution < 1.29 is 0 Å². The van der Waals surface area contributed by atoms with Crippen LogP contribution in [0, 0.1) is 0 Å². The highest BCUT2D eigenvalue weighted by molar-refractivity contribution is 7.16. The Labute approximate surface area is 121 Å². The molecule has 0 aliphatic rings. The van der Waals surface area contributed by atoms with Crippen LogP contribution in [0.5, 0.6) is 0 Å². The Kier molecular flexibility index (Phi) is 4.61. The molecule has 0 spiro atoms. The van der Waals surface area contributed by atoms with Gasteiger partial charge in [0.15, 0.2) is 5.82 Å². The normalized spacial score (nSPS) is 12.4. The van der Waals surface area contributed by atoms with Gasteiger partial charge in [0.25, 0.3) is 5.56 Å². The van der Waals surface area contributed by atoms with E-state index < -0.39 is 0 Å². The molecule has 2 rings (SSSR count). The third-order valence-corrected chi connectivity index (χ3v) is 4.17. The molecule has 0 aromatic carbocycles. The molecule has 6 heteroatoms. The van der Waals surface area contributed by atoms with Gasteiger partial charge in [-0.3, -0.25) is 4.79 Å². The van der Waals surface area contributed by atoms with Crippen molar-refractivity contribution in [1.29, 1.82) is 0 Å². The van der Waals surface area contributed by atoms with E-state index in [2.05, 4.69) is 10.3 Å². The van der Waals surface area contributed by atoms with Crippen molar-refractivity contribution >= 4 is 28.8 Å². The first kappa shape index (κ1) is 14.1. The Morgan fingerprint density at radius 2 is 2.32 bits per heavy atom. The Balaban J connectivity index is 2.19. The summed E-state index contributed by atoms with van der Waals surface area (Å²) in [4.78, 5) is 17.3. The van der Waals surface area contributed by atoms with E-state index >= 15 is 0 Å². The minimum Gasteiger partial charge on any atom is -0.358 e. The van der Waals surface area contributed by atoms with Crippen LogP contribution in [0.25, 0.3) is 0 Å². The standard InChI is InChI=1S/C13H16ClN3OS/c1-3-7-17-8-6-15-12(13(17)18)16-9(2)10-4-5-11(14)19-10/h4-6,8-9H,3,7H2,1-2H3,(H,15,16). The van der Waals surface area contributed by atoms with Gasteiger partial charge in [0.1, 0.15) is 0 Å². The number of hydrogen-bond donors (Lipinski definition) is 1. The molecule has 0 aliphatic heterocycles. The second-order valence-electron chi connectivity index (χ2n) is 4.28. The predicted molar refractivity (Wildman–Crippen MR) is 80.2 cm³/mol. The molecular formula is C13H16ClN3OS. The van der Waals surface area contributed by atoms with Crippen LogP contribution < -0.4 is 10.9 Å². The largest absolute Gasteiger partial charge is 0.358 e. The number of hydrogen-bond acceptors (Lipinski definition) is 4. The molecule has 0 amide bonds. The maximum atomic E-state index is 12.1. The summed E-state index contributed by atoms with van der Waals surface area (Å²) in [5.41, 5.74) is -0.0844. The first-order valence-electron chi connectivity index (χ1n) is 6.19. The van der Waals surface area contributed by atoms with Gasteiger partial charge in [0.2, 0.25) is 0 Å². The predicted octanol–water partition coefficient (Wildman–Crippen LogP) is 3.54. The minimum atomic E-state index is -0.0844. The van der Waals surface area contributed by atoms with E-state index in [0.717, 1.165) is 15.6 Å². The molecule has 19 heavy (non-hydrogen) atoms. The third kappa shape index (κ3) is 3.36. The van der Waals surface area contributed by atoms with Gasteiger partial charge in [-0.05, 0) is 25.5 Å². The van der Waals surface area contributed by atoms with Crippen LogP contribution in [-0.4, -0.2) is 9.55 Å². The molecule has 1 unspecified atom stereocenters. The fraction of sp³-hybridized carbons (Fsp3) is 0.385. The second-order valence-corrected chi connectivity index (χ2v) is 6.03. The van der Waals surface area contributed by atoms with Crippen LogP contribution in [-0.2, 0) is 6.54 Å². The number of nitrogens with zero attached hydrogens (tertiary/aromatic N) is 2. The van der Waals surface area contributed by atoms with Crippen molar-refractivity contribution in [3.63, 3.8) is 0 Å². The first-order chi connectivity index (χ1) is 9.11. The van der Waals surface area contributed by atoms with Crippen molar-refractivity contribution in [2.45, 2.75) is 32.9 Å². The summed E-state index contributed by atoms with van der Waals surface area (Å²) >= 11 is 7.42. The smallest absolute Gasteiger partial charge is 0.293 e. The maximum absolute atomic E-state index is 12.1. The Hall–Kier alpha value is -1.33. The van der Waals surface area contributed by atoms with Gasteiger partial charge in [-0.1, -0.05) is 18.5 Å².